The number of benzene rings is 1. The molecule has 1 atom stereocenters. The predicted molar refractivity (Wildman–Crippen MR) is 81.8 cm³/mol. The van der Waals surface area contributed by atoms with Crippen LogP contribution in [-0.2, 0) is 11.3 Å². The van der Waals surface area contributed by atoms with E-state index in [1.54, 1.807) is 19.1 Å². The molecule has 5 heteroatoms. The quantitative estimate of drug-likeness (QED) is 0.848. The number of hydrogen-bond acceptors (Lipinski definition) is 3. The van der Waals surface area contributed by atoms with E-state index in [0.717, 1.165) is 12.1 Å². The van der Waals surface area contributed by atoms with Crippen molar-refractivity contribution in [3.8, 4) is 5.75 Å². The average Bonchev–Trinajstić information content (AvgIpc) is 2.37. The van der Waals surface area contributed by atoms with E-state index in [0.29, 0.717) is 6.54 Å². The molecule has 0 fully saturated rings. The Hall–Kier alpha value is -1.62. The number of rotatable bonds is 6. The lowest BCUT2D eigenvalue weighted by Crippen LogP contribution is -2.46. The molecular formula is C16H25FN2O2. The summed E-state index contributed by atoms with van der Waals surface area (Å²) in [6.07, 6.45) is -0.752. The molecule has 0 radical (unpaired) electrons. The third-order valence-electron chi connectivity index (χ3n) is 2.75. The van der Waals surface area contributed by atoms with Gasteiger partial charge in [-0.05, 0) is 51.9 Å². The lowest BCUT2D eigenvalue weighted by Gasteiger charge is -2.23. The minimum absolute atomic E-state index is 0.0896. The number of amides is 1. The Labute approximate surface area is 126 Å². The maximum Gasteiger partial charge on any atom is 0.261 e. The molecule has 0 bridgehead atoms. The van der Waals surface area contributed by atoms with Gasteiger partial charge in [0.15, 0.2) is 17.7 Å². The molecule has 4 nitrogen and oxygen atoms in total. The van der Waals surface area contributed by atoms with Crippen LogP contribution in [-0.4, -0.2) is 24.1 Å². The smallest absolute Gasteiger partial charge is 0.261 e. The lowest BCUT2D eigenvalue weighted by molar-refractivity contribution is -0.128. The second-order valence-electron chi connectivity index (χ2n) is 6.04. The second-order valence-corrected chi connectivity index (χ2v) is 6.04. The first-order valence-corrected chi connectivity index (χ1v) is 7.20. The van der Waals surface area contributed by atoms with E-state index in [-0.39, 0.29) is 17.2 Å². The van der Waals surface area contributed by atoms with Gasteiger partial charge in [-0.2, -0.15) is 0 Å². The molecule has 0 aromatic heterocycles. The van der Waals surface area contributed by atoms with Gasteiger partial charge in [-0.3, -0.25) is 4.79 Å². The topological polar surface area (TPSA) is 50.4 Å². The molecule has 1 unspecified atom stereocenters. The van der Waals surface area contributed by atoms with Crippen molar-refractivity contribution in [2.45, 2.75) is 52.8 Å². The molecule has 0 spiro atoms. The van der Waals surface area contributed by atoms with Crippen molar-refractivity contribution < 1.29 is 13.9 Å². The summed E-state index contributed by atoms with van der Waals surface area (Å²) in [5.74, 6) is -0.633. The van der Waals surface area contributed by atoms with Crippen LogP contribution in [0.3, 0.4) is 0 Å². The highest BCUT2D eigenvalue weighted by Gasteiger charge is 2.21. The maximum absolute atomic E-state index is 14.0. The zero-order valence-corrected chi connectivity index (χ0v) is 13.4. The third kappa shape index (κ3) is 6.12. The number of hydrogen-bond donors (Lipinski definition) is 2. The molecule has 1 amide bonds. The van der Waals surface area contributed by atoms with E-state index >= 15 is 0 Å². The first-order chi connectivity index (χ1) is 9.73. The highest BCUT2D eigenvalue weighted by Crippen LogP contribution is 2.20. The first-order valence-electron chi connectivity index (χ1n) is 7.20. The Bertz CT molecular complexity index is 484. The van der Waals surface area contributed by atoms with Crippen molar-refractivity contribution >= 4 is 5.91 Å². The Morgan fingerprint density at radius 1 is 1.38 bits per heavy atom. The summed E-state index contributed by atoms with van der Waals surface area (Å²) in [4.78, 5) is 11.9. The standard InChI is InChI=1S/C16H25FN2O2/c1-6-18-10-12-7-8-14(13(17)9-12)21-11(2)15(20)19-16(3,4)5/h7-9,11,18H,6,10H2,1-5H3,(H,19,20). The van der Waals surface area contributed by atoms with Gasteiger partial charge in [0.25, 0.3) is 5.91 Å². The Morgan fingerprint density at radius 2 is 2.05 bits per heavy atom. The predicted octanol–water partition coefficient (Wildman–Crippen LogP) is 2.62. The van der Waals surface area contributed by atoms with Gasteiger partial charge < -0.3 is 15.4 Å². The van der Waals surface area contributed by atoms with Crippen LogP contribution >= 0.6 is 0 Å². The molecule has 0 aliphatic heterocycles. The summed E-state index contributed by atoms with van der Waals surface area (Å²) in [7, 11) is 0. The van der Waals surface area contributed by atoms with Gasteiger partial charge in [-0.15, -0.1) is 0 Å². The van der Waals surface area contributed by atoms with Crippen LogP contribution < -0.4 is 15.4 Å². The molecule has 0 saturated heterocycles. The van der Waals surface area contributed by atoms with E-state index in [1.807, 2.05) is 27.7 Å². The number of halogens is 1. The van der Waals surface area contributed by atoms with Gasteiger partial charge in [-0.1, -0.05) is 13.0 Å². The molecule has 1 rings (SSSR count). The van der Waals surface area contributed by atoms with Crippen molar-refractivity contribution in [3.63, 3.8) is 0 Å². The summed E-state index contributed by atoms with van der Waals surface area (Å²) >= 11 is 0. The molecule has 0 aliphatic rings. The van der Waals surface area contributed by atoms with Crippen molar-refractivity contribution in [1.82, 2.24) is 10.6 Å². The van der Waals surface area contributed by atoms with Gasteiger partial charge in [0, 0.05) is 12.1 Å². The van der Waals surface area contributed by atoms with E-state index in [4.69, 9.17) is 4.74 Å². The number of ether oxygens (including phenoxy) is 1. The van der Waals surface area contributed by atoms with Gasteiger partial charge >= 0.3 is 0 Å². The van der Waals surface area contributed by atoms with Crippen LogP contribution in [0.5, 0.6) is 5.75 Å². The summed E-state index contributed by atoms with van der Waals surface area (Å²) in [5, 5.41) is 5.93. The number of carbonyl (C=O) groups excluding carboxylic acids is 1. The fourth-order valence-electron chi connectivity index (χ4n) is 1.73. The normalized spacial score (nSPS) is 12.9. The zero-order valence-electron chi connectivity index (χ0n) is 13.4. The molecule has 0 saturated carbocycles. The summed E-state index contributed by atoms with van der Waals surface area (Å²) in [5.41, 5.74) is 0.497. The van der Waals surface area contributed by atoms with Crippen molar-refractivity contribution in [3.05, 3.63) is 29.6 Å². The van der Waals surface area contributed by atoms with Crippen LogP contribution in [0.15, 0.2) is 18.2 Å². The van der Waals surface area contributed by atoms with E-state index in [2.05, 4.69) is 10.6 Å². The molecule has 2 N–H and O–H groups in total. The molecule has 0 aliphatic carbocycles. The Kier molecular flexibility index (Phi) is 6.15. The van der Waals surface area contributed by atoms with Crippen LogP contribution in [0.4, 0.5) is 4.39 Å². The van der Waals surface area contributed by atoms with Crippen LogP contribution in [0.25, 0.3) is 0 Å². The van der Waals surface area contributed by atoms with E-state index in [1.165, 1.54) is 6.07 Å². The van der Waals surface area contributed by atoms with Gasteiger partial charge in [0.1, 0.15) is 0 Å². The van der Waals surface area contributed by atoms with Crippen LogP contribution in [0.1, 0.15) is 40.2 Å². The van der Waals surface area contributed by atoms with Crippen molar-refractivity contribution in [1.29, 1.82) is 0 Å². The van der Waals surface area contributed by atoms with E-state index in [9.17, 15) is 9.18 Å². The molecule has 118 valence electrons. The number of nitrogens with one attached hydrogen (secondary N) is 2. The fraction of sp³-hybridized carbons (Fsp3) is 0.562. The summed E-state index contributed by atoms with van der Waals surface area (Å²) < 4.78 is 19.4. The molecule has 0 heterocycles. The van der Waals surface area contributed by atoms with Crippen LogP contribution in [0.2, 0.25) is 0 Å². The highest BCUT2D eigenvalue weighted by molar-refractivity contribution is 5.81. The largest absolute Gasteiger partial charge is 0.478 e. The van der Waals surface area contributed by atoms with Crippen molar-refractivity contribution in [2.75, 3.05) is 6.54 Å². The van der Waals surface area contributed by atoms with Crippen molar-refractivity contribution in [2.24, 2.45) is 0 Å². The monoisotopic (exact) mass is 296 g/mol. The summed E-state index contributed by atoms with van der Waals surface area (Å²) in [6, 6.07) is 4.77. The van der Waals surface area contributed by atoms with Gasteiger partial charge in [0.05, 0.1) is 0 Å². The van der Waals surface area contributed by atoms with Gasteiger partial charge in [-0.25, -0.2) is 4.39 Å². The summed E-state index contributed by atoms with van der Waals surface area (Å²) in [6.45, 7) is 10.7. The minimum Gasteiger partial charge on any atom is -0.478 e. The molecule has 1 aromatic carbocycles. The SMILES string of the molecule is CCNCc1ccc(OC(C)C(=O)NC(C)(C)C)c(F)c1. The fourth-order valence-corrected chi connectivity index (χ4v) is 1.73. The van der Waals surface area contributed by atoms with E-state index < -0.39 is 11.9 Å². The second kappa shape index (κ2) is 7.41. The maximum atomic E-state index is 14.0. The number of carbonyl (C=O) groups is 1. The highest BCUT2D eigenvalue weighted by atomic mass is 19.1. The first kappa shape index (κ1) is 17.4. The van der Waals surface area contributed by atoms with Crippen LogP contribution in [0, 0.1) is 5.82 Å². The minimum atomic E-state index is -0.752. The Balaban J connectivity index is 2.68. The van der Waals surface area contributed by atoms with Gasteiger partial charge in [0.2, 0.25) is 0 Å². The molecule has 1 aromatic rings. The molecular weight excluding hydrogens is 271 g/mol. The molecule has 21 heavy (non-hydrogen) atoms. The lowest BCUT2D eigenvalue weighted by atomic mass is 10.1. The zero-order chi connectivity index (χ0) is 16.0. The average molecular weight is 296 g/mol. The third-order valence-corrected chi connectivity index (χ3v) is 2.75. The Morgan fingerprint density at radius 3 is 2.57 bits per heavy atom.